The predicted octanol–water partition coefficient (Wildman–Crippen LogP) is -0.0421. The maximum absolute atomic E-state index is 4.64. The van der Waals surface area contributed by atoms with Gasteiger partial charge in [0.05, 0.1) is 0 Å². The first-order valence-electron chi connectivity index (χ1n) is 1.72. The van der Waals surface area contributed by atoms with Gasteiger partial charge >= 0.3 is 45.5 Å². The van der Waals surface area contributed by atoms with Crippen molar-refractivity contribution in [1.29, 1.82) is 0 Å². The summed E-state index contributed by atoms with van der Waals surface area (Å²) in [6.07, 6.45) is 0. The molecule has 3 heteroatoms. The second kappa shape index (κ2) is 5.45. The second-order valence-corrected chi connectivity index (χ2v) is 1.20. The average molecular weight is 104 g/mol. The molecule has 0 aliphatic rings. The van der Waals surface area contributed by atoms with E-state index in [1.807, 2.05) is 0 Å². The Morgan fingerprint density at radius 2 is 2.33 bits per heavy atom. The Morgan fingerprint density at radius 1 is 1.67 bits per heavy atom. The van der Waals surface area contributed by atoms with Crippen LogP contribution in [0, 0.1) is 0 Å². The zero-order chi connectivity index (χ0) is 4.83. The number of hydrogen-bond acceptors (Lipinski definition) is 2. The number of rotatable bonds is 3. The Labute approximate surface area is 49.2 Å². The molecule has 0 heterocycles. The number of methoxy groups -OCH3 is 1. The third-order valence-corrected chi connectivity index (χ3v) is 0.641. The van der Waals surface area contributed by atoms with E-state index in [4.69, 9.17) is 0 Å². The smallest absolute Gasteiger partial charge is 1.00 e. The van der Waals surface area contributed by atoms with Gasteiger partial charge in [-0.25, -0.2) is 0 Å². The first-order chi connectivity index (χ1) is 2.91. The fourth-order valence-corrected chi connectivity index (χ4v) is 0.228. The van der Waals surface area contributed by atoms with Gasteiger partial charge in [0.2, 0.25) is 0 Å². The molecule has 0 saturated carbocycles. The standard InChI is InChI=1S/C3H7O2.Al.2H/c1-5-3-2-4;;;/h2-3H2,1H3;;;/q-1;+3;2*-1. The quantitative estimate of drug-likeness (QED) is 0.369. The van der Waals surface area contributed by atoms with Gasteiger partial charge in [-0.1, -0.05) is 0 Å². The van der Waals surface area contributed by atoms with Gasteiger partial charge in [0, 0.05) is 0 Å². The van der Waals surface area contributed by atoms with Crippen molar-refractivity contribution in [2.24, 2.45) is 0 Å². The largest absolute Gasteiger partial charge is 1.00 e. The molecule has 0 amide bonds. The Hall–Kier alpha value is 0.452. The molecule has 0 unspecified atom stereocenters. The molecule has 0 saturated heterocycles. The van der Waals surface area contributed by atoms with Crippen molar-refractivity contribution in [2.45, 2.75) is 0 Å². The average Bonchev–Trinajstić information content (AvgIpc) is 1.61. The summed E-state index contributed by atoms with van der Waals surface area (Å²) >= 11 is 2.15. The molecule has 6 heavy (non-hydrogen) atoms. The van der Waals surface area contributed by atoms with Crippen LogP contribution in [0.5, 0.6) is 0 Å². The summed E-state index contributed by atoms with van der Waals surface area (Å²) in [4.78, 5) is 0. The van der Waals surface area contributed by atoms with Crippen molar-refractivity contribution in [3.63, 3.8) is 0 Å². The van der Waals surface area contributed by atoms with E-state index in [1.54, 1.807) is 7.11 Å². The summed E-state index contributed by atoms with van der Waals surface area (Å²) in [7, 11) is 1.64. The zero-order valence-electron chi connectivity index (χ0n) is 5.81. The summed E-state index contributed by atoms with van der Waals surface area (Å²) in [6, 6.07) is 0. The van der Waals surface area contributed by atoms with Gasteiger partial charge < -0.3 is 2.85 Å². The Balaban J connectivity index is -0.000000125. The molecule has 0 aliphatic heterocycles. The minimum atomic E-state index is 0. The van der Waals surface area contributed by atoms with E-state index in [0.29, 0.717) is 13.2 Å². The molecule has 0 radical (unpaired) electrons. The molecule has 0 aromatic rings. The molecule has 0 bridgehead atoms. The van der Waals surface area contributed by atoms with E-state index >= 15 is 0 Å². The summed E-state index contributed by atoms with van der Waals surface area (Å²) < 4.78 is 9.22. The molecule has 0 spiro atoms. The normalized spacial score (nSPS) is 9.17. The van der Waals surface area contributed by atoms with Crippen LogP contribution in [0.25, 0.3) is 0 Å². The van der Waals surface area contributed by atoms with Gasteiger partial charge in [0.25, 0.3) is 0 Å². The van der Waals surface area contributed by atoms with Crippen LogP contribution < -0.4 is 0 Å². The van der Waals surface area contributed by atoms with Crippen LogP contribution >= 0.6 is 0 Å². The van der Waals surface area contributed by atoms with Crippen LogP contribution in [0.1, 0.15) is 2.85 Å². The van der Waals surface area contributed by atoms with E-state index in [0.717, 1.165) is 0 Å². The summed E-state index contributed by atoms with van der Waals surface area (Å²) in [5, 5.41) is 0. The molecule has 0 N–H and O–H groups in total. The van der Waals surface area contributed by atoms with Crippen molar-refractivity contribution in [3.05, 3.63) is 0 Å². The van der Waals surface area contributed by atoms with E-state index in [1.165, 1.54) is 0 Å². The third kappa shape index (κ3) is 4.45. The van der Waals surface area contributed by atoms with Crippen LogP contribution in [0.4, 0.5) is 0 Å². The maximum Gasteiger partial charge on any atom is -1.00 e. The van der Waals surface area contributed by atoms with Crippen LogP contribution in [0.3, 0.4) is 0 Å². The minimum Gasteiger partial charge on any atom is -1.00 e. The molecular formula is C3H9AlO2. The molecule has 0 atom stereocenters. The first kappa shape index (κ1) is 6.45. The number of hydrogen-bond donors (Lipinski definition) is 0. The van der Waals surface area contributed by atoms with Gasteiger partial charge in [-0.05, 0) is 0 Å². The predicted molar refractivity (Wildman–Crippen MR) is 25.8 cm³/mol. The van der Waals surface area contributed by atoms with Crippen LogP contribution in [0.2, 0.25) is 0 Å². The summed E-state index contributed by atoms with van der Waals surface area (Å²) in [5.74, 6) is 0. The Kier molecular flexibility index (Phi) is 5.86. The van der Waals surface area contributed by atoms with Gasteiger partial charge in [0.15, 0.2) is 0 Å². The van der Waals surface area contributed by atoms with Crippen molar-refractivity contribution in [3.8, 4) is 0 Å². The Morgan fingerprint density at radius 3 is 2.50 bits per heavy atom. The fourth-order valence-electron chi connectivity index (χ4n) is 0.131. The second-order valence-electron chi connectivity index (χ2n) is 0.864. The molecule has 36 valence electrons. The monoisotopic (exact) mass is 104 g/mol. The molecule has 0 aromatic carbocycles. The minimum absolute atomic E-state index is 0. The van der Waals surface area contributed by atoms with Gasteiger partial charge in [-0.2, -0.15) is 0 Å². The van der Waals surface area contributed by atoms with Gasteiger partial charge in [-0.15, -0.1) is 0 Å². The van der Waals surface area contributed by atoms with Crippen molar-refractivity contribution < 1.29 is 11.4 Å². The van der Waals surface area contributed by atoms with Crippen LogP contribution in [-0.4, -0.2) is 36.9 Å². The molecular weight excluding hydrogens is 95.0 g/mol. The van der Waals surface area contributed by atoms with Crippen molar-refractivity contribution in [1.82, 2.24) is 0 Å². The molecule has 0 rings (SSSR count). The molecule has 0 aliphatic carbocycles. The van der Waals surface area contributed by atoms with Crippen molar-refractivity contribution in [2.75, 3.05) is 20.3 Å². The topological polar surface area (TPSA) is 18.5 Å². The number of ether oxygens (including phenoxy) is 1. The maximum atomic E-state index is 4.64. The van der Waals surface area contributed by atoms with Crippen LogP contribution in [-0.2, 0) is 8.53 Å². The molecule has 2 nitrogen and oxygen atoms in total. The van der Waals surface area contributed by atoms with Gasteiger partial charge in [-0.3, -0.25) is 0 Å². The Bertz CT molecular complexity index is 27.2. The first-order valence-corrected chi connectivity index (χ1v) is 2.19. The zero-order valence-corrected chi connectivity index (χ0v) is 4.96. The van der Waals surface area contributed by atoms with E-state index in [-0.39, 0.29) is 2.85 Å². The third-order valence-electron chi connectivity index (χ3n) is 0.405. The van der Waals surface area contributed by atoms with E-state index in [9.17, 15) is 0 Å². The van der Waals surface area contributed by atoms with E-state index < -0.39 is 0 Å². The molecule has 0 fully saturated rings. The summed E-state index contributed by atoms with van der Waals surface area (Å²) in [5.41, 5.74) is 0. The van der Waals surface area contributed by atoms with Crippen LogP contribution in [0.15, 0.2) is 0 Å². The SMILES string of the molecule is COCC[O][Al+2].[H-].[H-]. The van der Waals surface area contributed by atoms with E-state index in [2.05, 4.69) is 25.1 Å². The van der Waals surface area contributed by atoms with Crippen molar-refractivity contribution >= 4 is 16.6 Å². The summed E-state index contributed by atoms with van der Waals surface area (Å²) in [6.45, 7) is 1.32. The van der Waals surface area contributed by atoms with Gasteiger partial charge in [0.1, 0.15) is 0 Å². The molecule has 0 aromatic heterocycles. The fraction of sp³-hybridized carbons (Fsp3) is 1.00.